The van der Waals surface area contributed by atoms with Gasteiger partial charge in [-0.2, -0.15) is 0 Å². The van der Waals surface area contributed by atoms with Gasteiger partial charge in [-0.3, -0.25) is 4.79 Å². The number of carbonyl (C=O) groups is 2. The van der Waals surface area contributed by atoms with E-state index < -0.39 is 65.3 Å². The van der Waals surface area contributed by atoms with E-state index >= 15 is 0 Å². The predicted octanol–water partition coefficient (Wildman–Crippen LogP) is -0.782. The average molecular weight is 378 g/mol. The Morgan fingerprint density at radius 3 is 2.59 bits per heavy atom. The monoisotopic (exact) mass is 378 g/mol. The number of ether oxygens (including phenoxy) is 3. The minimum atomic E-state index is -1.70. The molecule has 1 saturated carbocycles. The van der Waals surface area contributed by atoms with Crippen molar-refractivity contribution >= 4 is 11.9 Å². The van der Waals surface area contributed by atoms with Crippen molar-refractivity contribution in [3.8, 4) is 0 Å². The largest absolute Gasteiger partial charge is 0.457 e. The molecule has 0 aromatic heterocycles. The lowest BCUT2D eigenvalue weighted by Crippen LogP contribution is -2.61. The summed E-state index contributed by atoms with van der Waals surface area (Å²) in [7, 11) is 0. The van der Waals surface area contributed by atoms with E-state index in [0.29, 0.717) is 11.1 Å². The number of cyclic esters (lactones) is 1. The summed E-state index contributed by atoms with van der Waals surface area (Å²) in [4.78, 5) is 25.0. The molecule has 8 heteroatoms. The summed E-state index contributed by atoms with van der Waals surface area (Å²) in [6.45, 7) is 4.36. The van der Waals surface area contributed by atoms with Crippen LogP contribution >= 0.6 is 0 Å². The highest BCUT2D eigenvalue weighted by Crippen LogP contribution is 2.69. The van der Waals surface area contributed by atoms with Crippen molar-refractivity contribution in [1.82, 2.24) is 0 Å². The third-order valence-electron chi connectivity index (χ3n) is 7.24. The van der Waals surface area contributed by atoms with Crippen molar-refractivity contribution < 1.29 is 39.1 Å². The SMILES string of the molecule is C[C@@]12C(=O)OC3C=C4C(=CC(=O)O[C@@H]4[C@@](C)(O)CO)[C@](C)([C@@H]31)[C@H]1O[C@H]1[C@@H]2O. The third-order valence-corrected chi connectivity index (χ3v) is 7.24. The lowest BCUT2D eigenvalue weighted by atomic mass is 9.48. The van der Waals surface area contributed by atoms with Gasteiger partial charge < -0.3 is 29.5 Å². The molecule has 3 heterocycles. The van der Waals surface area contributed by atoms with Crippen LogP contribution in [0.3, 0.4) is 0 Å². The molecule has 3 aliphatic heterocycles. The van der Waals surface area contributed by atoms with Crippen LogP contribution in [0.25, 0.3) is 0 Å². The molecule has 5 rings (SSSR count). The van der Waals surface area contributed by atoms with E-state index in [1.54, 1.807) is 13.0 Å². The van der Waals surface area contributed by atoms with Crippen LogP contribution in [-0.4, -0.2) is 70.0 Å². The van der Waals surface area contributed by atoms with Gasteiger partial charge in [-0.05, 0) is 31.1 Å². The summed E-state index contributed by atoms with van der Waals surface area (Å²) >= 11 is 0. The van der Waals surface area contributed by atoms with Crippen molar-refractivity contribution in [3.05, 3.63) is 23.3 Å². The van der Waals surface area contributed by atoms with E-state index in [-0.39, 0.29) is 6.10 Å². The molecule has 3 fully saturated rings. The van der Waals surface area contributed by atoms with E-state index in [1.807, 2.05) is 6.92 Å². The maximum atomic E-state index is 12.7. The highest BCUT2D eigenvalue weighted by atomic mass is 16.6. The number of rotatable bonds is 2. The molecule has 8 nitrogen and oxygen atoms in total. The Kier molecular flexibility index (Phi) is 3.09. The normalized spacial score (nSPS) is 51.6. The fraction of sp³-hybridized carbons (Fsp3) is 0.684. The lowest BCUT2D eigenvalue weighted by molar-refractivity contribution is -0.159. The topological polar surface area (TPSA) is 126 Å². The fourth-order valence-electron chi connectivity index (χ4n) is 5.79. The third kappa shape index (κ3) is 1.82. The molecule has 0 aromatic carbocycles. The van der Waals surface area contributed by atoms with Crippen LogP contribution in [-0.2, 0) is 23.8 Å². The predicted molar refractivity (Wildman–Crippen MR) is 88.0 cm³/mol. The summed E-state index contributed by atoms with van der Waals surface area (Å²) in [6.07, 6.45) is -0.569. The van der Waals surface area contributed by atoms with Gasteiger partial charge in [-0.25, -0.2) is 4.79 Å². The molecule has 2 saturated heterocycles. The number of aliphatic hydroxyl groups excluding tert-OH is 2. The zero-order valence-corrected chi connectivity index (χ0v) is 15.2. The van der Waals surface area contributed by atoms with Gasteiger partial charge in [0.05, 0.1) is 18.8 Å². The maximum Gasteiger partial charge on any atom is 0.331 e. The van der Waals surface area contributed by atoms with Gasteiger partial charge in [0, 0.05) is 17.4 Å². The van der Waals surface area contributed by atoms with Gasteiger partial charge in [0.1, 0.15) is 23.2 Å². The Labute approximate surface area is 155 Å². The second kappa shape index (κ2) is 4.81. The van der Waals surface area contributed by atoms with Crippen LogP contribution in [0.2, 0.25) is 0 Å². The highest BCUT2D eigenvalue weighted by Gasteiger charge is 2.79. The Morgan fingerprint density at radius 1 is 1.22 bits per heavy atom. The van der Waals surface area contributed by atoms with Crippen molar-refractivity contribution in [2.24, 2.45) is 16.7 Å². The Hall–Kier alpha value is -1.74. The Bertz CT molecular complexity index is 828. The number of esters is 2. The van der Waals surface area contributed by atoms with Crippen LogP contribution < -0.4 is 0 Å². The highest BCUT2D eigenvalue weighted by molar-refractivity contribution is 5.88. The van der Waals surface area contributed by atoms with Crippen molar-refractivity contribution in [3.63, 3.8) is 0 Å². The zero-order valence-electron chi connectivity index (χ0n) is 15.2. The molecule has 27 heavy (non-hydrogen) atoms. The molecule has 0 aromatic rings. The van der Waals surface area contributed by atoms with E-state index in [9.17, 15) is 24.9 Å². The number of hydrogen-bond donors (Lipinski definition) is 3. The lowest BCUT2D eigenvalue weighted by Gasteiger charge is -2.52. The molecule has 0 bridgehead atoms. The van der Waals surface area contributed by atoms with Crippen LogP contribution in [0.5, 0.6) is 0 Å². The Morgan fingerprint density at radius 2 is 1.93 bits per heavy atom. The van der Waals surface area contributed by atoms with E-state index in [0.717, 1.165) is 0 Å². The number of hydrogen-bond acceptors (Lipinski definition) is 8. The number of epoxide rings is 1. The first-order valence-corrected chi connectivity index (χ1v) is 9.09. The second-order valence-corrected chi connectivity index (χ2v) is 8.89. The number of carbonyl (C=O) groups excluding carboxylic acids is 2. The minimum Gasteiger partial charge on any atom is -0.457 e. The molecule has 0 amide bonds. The molecule has 0 radical (unpaired) electrons. The molecular weight excluding hydrogens is 356 g/mol. The smallest absolute Gasteiger partial charge is 0.331 e. The fourth-order valence-corrected chi connectivity index (χ4v) is 5.79. The van der Waals surface area contributed by atoms with Crippen molar-refractivity contribution in [2.75, 3.05) is 6.61 Å². The van der Waals surface area contributed by atoms with Gasteiger partial charge in [0.2, 0.25) is 0 Å². The summed E-state index contributed by atoms with van der Waals surface area (Å²) in [5.74, 6) is -1.55. The van der Waals surface area contributed by atoms with Crippen LogP contribution in [0.4, 0.5) is 0 Å². The van der Waals surface area contributed by atoms with Crippen LogP contribution in [0.15, 0.2) is 23.3 Å². The maximum absolute atomic E-state index is 12.7. The number of fused-ring (bicyclic) bond motifs is 4. The van der Waals surface area contributed by atoms with Crippen LogP contribution in [0, 0.1) is 16.7 Å². The summed E-state index contributed by atoms with van der Waals surface area (Å²) < 4.78 is 16.7. The first-order valence-electron chi connectivity index (χ1n) is 9.09. The quantitative estimate of drug-likeness (QED) is 0.422. The molecule has 9 atom stereocenters. The van der Waals surface area contributed by atoms with Crippen molar-refractivity contribution in [2.45, 2.75) is 56.9 Å². The van der Waals surface area contributed by atoms with Gasteiger partial charge in [-0.1, -0.05) is 6.92 Å². The Balaban J connectivity index is 1.73. The van der Waals surface area contributed by atoms with E-state index in [2.05, 4.69) is 0 Å². The average Bonchev–Trinajstić information content (AvgIpc) is 3.37. The summed E-state index contributed by atoms with van der Waals surface area (Å²) in [5.41, 5.74) is -2.50. The summed E-state index contributed by atoms with van der Waals surface area (Å²) in [6, 6.07) is 0. The van der Waals surface area contributed by atoms with Crippen molar-refractivity contribution in [1.29, 1.82) is 0 Å². The molecule has 5 aliphatic rings. The molecule has 3 N–H and O–H groups in total. The molecule has 2 aliphatic carbocycles. The van der Waals surface area contributed by atoms with Gasteiger partial charge in [0.25, 0.3) is 0 Å². The van der Waals surface area contributed by atoms with Crippen LogP contribution in [0.1, 0.15) is 20.8 Å². The van der Waals surface area contributed by atoms with Gasteiger partial charge in [0.15, 0.2) is 6.10 Å². The minimum absolute atomic E-state index is 0.372. The molecule has 1 unspecified atom stereocenters. The molecule has 146 valence electrons. The van der Waals surface area contributed by atoms with Gasteiger partial charge in [-0.15, -0.1) is 0 Å². The van der Waals surface area contributed by atoms with Gasteiger partial charge >= 0.3 is 11.9 Å². The standard InChI is InChI=1S/C19H22O8/c1-17(24,6-20)14-7-4-9-12-18(2,8(7)5-10(21)26-14)15-11(27-15)13(22)19(12,3)16(23)25-9/h4-5,9,11-15,20,22,24H,6H2,1-3H3/t9?,11-,12+,13-,14-,15-,17-,18+,19+/m0/s1. The van der Waals surface area contributed by atoms with E-state index in [1.165, 1.54) is 13.0 Å². The number of aliphatic hydroxyl groups is 3. The second-order valence-electron chi connectivity index (χ2n) is 8.89. The zero-order chi connectivity index (χ0) is 19.5. The first-order chi connectivity index (χ1) is 12.6. The molecule has 0 spiro atoms. The first kappa shape index (κ1) is 17.4. The summed E-state index contributed by atoms with van der Waals surface area (Å²) in [5, 5.41) is 30.9. The molecular formula is C19H22O8. The van der Waals surface area contributed by atoms with E-state index in [4.69, 9.17) is 14.2 Å².